The molecule has 5 rings (SSSR count). The van der Waals surface area contributed by atoms with E-state index in [1.807, 2.05) is 0 Å². The fraction of sp³-hybridized carbons (Fsp3) is 0.0714. The Morgan fingerprint density at radius 2 is 1.67 bits per heavy atom. The third kappa shape index (κ3) is 3.96. The van der Waals surface area contributed by atoms with Crippen molar-refractivity contribution in [3.63, 3.8) is 0 Å². The highest BCUT2D eigenvalue weighted by Crippen LogP contribution is 2.38. The van der Waals surface area contributed by atoms with E-state index in [2.05, 4.69) is 9.98 Å². The molecular weight excluding hydrogens is 467 g/mol. The van der Waals surface area contributed by atoms with Gasteiger partial charge in [-0.05, 0) is 53.1 Å². The van der Waals surface area contributed by atoms with Crippen molar-refractivity contribution in [1.29, 1.82) is 0 Å². The van der Waals surface area contributed by atoms with Gasteiger partial charge in [-0.15, -0.1) is 0 Å². The number of fused-ring (bicyclic) bond motifs is 1. The minimum absolute atomic E-state index is 0.269. The second kappa shape index (κ2) is 8.57. The monoisotopic (exact) mass is 485 g/mol. The Balaban J connectivity index is 1.59. The molecule has 0 bridgehead atoms. The number of Topliss-reactive ketones (excluding diaryl/α,β-unsaturated/α-hetero) is 1. The zero-order valence-corrected chi connectivity index (χ0v) is 18.7. The first-order valence-corrected chi connectivity index (χ1v) is 10.9. The van der Waals surface area contributed by atoms with Crippen LogP contribution in [0.2, 0.25) is 0 Å². The van der Waals surface area contributed by atoms with Crippen molar-refractivity contribution < 1.29 is 22.8 Å². The molecule has 1 aliphatic rings. The Morgan fingerprint density at radius 1 is 0.917 bits per heavy atom. The van der Waals surface area contributed by atoms with E-state index in [0.29, 0.717) is 33.2 Å². The molecule has 8 heteroatoms. The number of alkyl halides is 3. The molecule has 36 heavy (non-hydrogen) atoms. The number of carbonyl (C=O) groups is 2. The maximum absolute atomic E-state index is 14.0. The third-order valence-electron chi connectivity index (χ3n) is 6.15. The van der Waals surface area contributed by atoms with Crippen molar-refractivity contribution in [2.45, 2.75) is 11.7 Å². The van der Waals surface area contributed by atoms with E-state index < -0.39 is 23.2 Å². The SMILES string of the molecule is NC(=O)c1cnc2cc(C3(C(=O)c4ccccc4-c4ccc(C(F)(F)F)cc4)C=CC=N3)ccc2c1. The molecule has 0 spiro atoms. The summed E-state index contributed by atoms with van der Waals surface area (Å²) in [5, 5.41) is 0.675. The van der Waals surface area contributed by atoms with Crippen LogP contribution in [0, 0.1) is 0 Å². The number of hydrogen-bond donors (Lipinski definition) is 1. The molecule has 0 aliphatic carbocycles. The van der Waals surface area contributed by atoms with Crippen LogP contribution >= 0.6 is 0 Å². The van der Waals surface area contributed by atoms with Crippen LogP contribution in [0.15, 0.2) is 96.1 Å². The number of hydrogen-bond acceptors (Lipinski definition) is 4. The van der Waals surface area contributed by atoms with E-state index in [4.69, 9.17) is 5.73 Å². The van der Waals surface area contributed by atoms with E-state index in [1.165, 1.54) is 24.5 Å². The summed E-state index contributed by atoms with van der Waals surface area (Å²) >= 11 is 0. The average molecular weight is 485 g/mol. The number of aliphatic imine (C=N–C) groups is 1. The van der Waals surface area contributed by atoms with Gasteiger partial charge in [-0.25, -0.2) is 0 Å². The number of allylic oxidation sites excluding steroid dienone is 1. The fourth-order valence-electron chi connectivity index (χ4n) is 4.29. The van der Waals surface area contributed by atoms with Gasteiger partial charge < -0.3 is 5.73 Å². The van der Waals surface area contributed by atoms with E-state index in [-0.39, 0.29) is 11.3 Å². The number of ketones is 1. The first kappa shape index (κ1) is 23.2. The highest BCUT2D eigenvalue weighted by Gasteiger charge is 2.40. The van der Waals surface area contributed by atoms with Gasteiger partial charge in [0.05, 0.1) is 16.6 Å². The van der Waals surface area contributed by atoms with Crippen molar-refractivity contribution in [1.82, 2.24) is 4.98 Å². The number of carbonyl (C=O) groups excluding carboxylic acids is 2. The van der Waals surface area contributed by atoms with Gasteiger partial charge in [0.2, 0.25) is 5.91 Å². The summed E-state index contributed by atoms with van der Waals surface area (Å²) in [5.74, 6) is -0.931. The number of amides is 1. The number of pyridine rings is 1. The molecule has 0 fully saturated rings. The third-order valence-corrected chi connectivity index (χ3v) is 6.15. The topological polar surface area (TPSA) is 85.4 Å². The first-order valence-electron chi connectivity index (χ1n) is 10.9. The van der Waals surface area contributed by atoms with Crippen molar-refractivity contribution in [2.24, 2.45) is 10.7 Å². The van der Waals surface area contributed by atoms with Gasteiger partial charge in [0.15, 0.2) is 11.3 Å². The van der Waals surface area contributed by atoms with Gasteiger partial charge in [0, 0.05) is 23.4 Å². The predicted molar refractivity (Wildman–Crippen MR) is 131 cm³/mol. The summed E-state index contributed by atoms with van der Waals surface area (Å²) in [7, 11) is 0. The molecule has 0 saturated carbocycles. The summed E-state index contributed by atoms with van der Waals surface area (Å²) in [6.07, 6.45) is 1.80. The summed E-state index contributed by atoms with van der Waals surface area (Å²) in [4.78, 5) is 34.4. The Morgan fingerprint density at radius 3 is 2.33 bits per heavy atom. The van der Waals surface area contributed by atoms with Gasteiger partial charge in [-0.3, -0.25) is 19.6 Å². The Labute approximate surface area is 203 Å². The summed E-state index contributed by atoms with van der Waals surface area (Å²) in [6, 6.07) is 18.3. The lowest BCUT2D eigenvalue weighted by Crippen LogP contribution is -2.31. The van der Waals surface area contributed by atoms with E-state index in [1.54, 1.807) is 60.7 Å². The molecule has 1 amide bonds. The zero-order chi connectivity index (χ0) is 25.5. The maximum atomic E-state index is 14.0. The lowest BCUT2D eigenvalue weighted by atomic mass is 9.81. The van der Waals surface area contributed by atoms with Crippen LogP contribution in [0.5, 0.6) is 0 Å². The number of rotatable bonds is 5. The van der Waals surface area contributed by atoms with Gasteiger partial charge >= 0.3 is 6.18 Å². The molecule has 1 aromatic heterocycles. The molecule has 5 nitrogen and oxygen atoms in total. The maximum Gasteiger partial charge on any atom is 0.416 e. The van der Waals surface area contributed by atoms with Crippen LogP contribution in [0.1, 0.15) is 31.8 Å². The molecule has 2 N–H and O–H groups in total. The molecule has 0 saturated heterocycles. The largest absolute Gasteiger partial charge is 0.416 e. The smallest absolute Gasteiger partial charge is 0.366 e. The molecule has 1 unspecified atom stereocenters. The van der Waals surface area contributed by atoms with Crippen molar-refractivity contribution in [3.8, 4) is 11.1 Å². The van der Waals surface area contributed by atoms with Crippen LogP contribution in [0.25, 0.3) is 22.0 Å². The molecule has 1 aliphatic heterocycles. The van der Waals surface area contributed by atoms with Gasteiger partial charge in [0.25, 0.3) is 0 Å². The van der Waals surface area contributed by atoms with E-state index in [0.717, 1.165) is 12.1 Å². The highest BCUT2D eigenvalue weighted by molar-refractivity contribution is 6.12. The second-order valence-corrected chi connectivity index (χ2v) is 8.35. The van der Waals surface area contributed by atoms with E-state index in [9.17, 15) is 22.8 Å². The number of halogens is 3. The van der Waals surface area contributed by atoms with E-state index >= 15 is 0 Å². The molecule has 3 aromatic carbocycles. The van der Waals surface area contributed by atoms with Crippen LogP contribution in [0.4, 0.5) is 13.2 Å². The van der Waals surface area contributed by atoms with Gasteiger partial charge in [0.1, 0.15) is 0 Å². The van der Waals surface area contributed by atoms with Crippen molar-refractivity contribution in [3.05, 3.63) is 113 Å². The predicted octanol–water partition coefficient (Wildman–Crippen LogP) is 5.74. The normalized spacial score (nSPS) is 17.0. The van der Waals surface area contributed by atoms with Crippen molar-refractivity contribution >= 4 is 28.8 Å². The second-order valence-electron chi connectivity index (χ2n) is 8.35. The number of nitrogens with two attached hydrogens (primary N) is 1. The Kier molecular flexibility index (Phi) is 5.51. The molecule has 4 aromatic rings. The number of aromatic nitrogens is 1. The standard InChI is InChI=1S/C28H18F3N3O2/c29-28(30,31)20-9-6-17(7-10-20)22-4-1-2-5-23(22)25(35)27(12-3-13-34-27)21-11-8-18-14-19(26(32)36)16-33-24(18)15-21/h1-16H,(H2,32,36). The Hall–Kier alpha value is -4.59. The quantitative estimate of drug-likeness (QED) is 0.366. The molecule has 0 radical (unpaired) electrons. The van der Waals surface area contributed by atoms with Crippen LogP contribution in [0.3, 0.4) is 0 Å². The minimum atomic E-state index is -4.45. The van der Waals surface area contributed by atoms with Crippen LogP contribution in [-0.4, -0.2) is 22.9 Å². The van der Waals surface area contributed by atoms with Gasteiger partial charge in [-0.1, -0.05) is 48.5 Å². The summed E-state index contributed by atoms with van der Waals surface area (Å²) in [5.41, 5.74) is 5.88. The van der Waals surface area contributed by atoms with Crippen LogP contribution in [-0.2, 0) is 11.7 Å². The molecular formula is C28H18F3N3O2. The fourth-order valence-corrected chi connectivity index (χ4v) is 4.29. The first-order chi connectivity index (χ1) is 17.2. The molecule has 2 heterocycles. The minimum Gasteiger partial charge on any atom is -0.366 e. The number of nitrogens with zero attached hydrogens (tertiary/aromatic N) is 2. The molecule has 178 valence electrons. The lowest BCUT2D eigenvalue weighted by molar-refractivity contribution is -0.137. The highest BCUT2D eigenvalue weighted by atomic mass is 19.4. The average Bonchev–Trinajstić information content (AvgIpc) is 3.38. The number of benzene rings is 3. The Bertz CT molecular complexity index is 1560. The van der Waals surface area contributed by atoms with Crippen LogP contribution < -0.4 is 5.73 Å². The number of primary amides is 1. The summed E-state index contributed by atoms with van der Waals surface area (Å²) < 4.78 is 39.1. The van der Waals surface area contributed by atoms with Crippen molar-refractivity contribution in [2.75, 3.05) is 0 Å². The summed E-state index contributed by atoms with van der Waals surface area (Å²) in [6.45, 7) is 0. The lowest BCUT2D eigenvalue weighted by Gasteiger charge is -2.25. The molecule has 1 atom stereocenters. The zero-order valence-electron chi connectivity index (χ0n) is 18.7. The van der Waals surface area contributed by atoms with Gasteiger partial charge in [-0.2, -0.15) is 13.2 Å².